The molecule has 0 atom stereocenters. The van der Waals surface area contributed by atoms with Crippen molar-refractivity contribution in [1.82, 2.24) is 0 Å². The SMILES string of the molecule is O=Cc1ccc(Cl)cc1SC1CCCC1. The number of aldehydes is 1. The van der Waals surface area contributed by atoms with Crippen LogP contribution in [-0.2, 0) is 0 Å². The summed E-state index contributed by atoms with van der Waals surface area (Å²) in [5.74, 6) is 0. The van der Waals surface area contributed by atoms with Crippen molar-refractivity contribution in [3.63, 3.8) is 0 Å². The molecular formula is C12H13ClOS. The lowest BCUT2D eigenvalue weighted by Crippen LogP contribution is -1.95. The summed E-state index contributed by atoms with van der Waals surface area (Å²) in [5, 5.41) is 1.38. The summed E-state index contributed by atoms with van der Waals surface area (Å²) in [6.07, 6.45) is 6.06. The van der Waals surface area contributed by atoms with Gasteiger partial charge in [-0.05, 0) is 31.0 Å². The molecule has 1 saturated carbocycles. The number of carbonyl (C=O) groups excluding carboxylic acids is 1. The Kier molecular flexibility index (Phi) is 3.71. The van der Waals surface area contributed by atoms with E-state index >= 15 is 0 Å². The average molecular weight is 241 g/mol. The van der Waals surface area contributed by atoms with Gasteiger partial charge in [-0.25, -0.2) is 0 Å². The zero-order valence-electron chi connectivity index (χ0n) is 8.41. The zero-order valence-corrected chi connectivity index (χ0v) is 9.98. The van der Waals surface area contributed by atoms with Gasteiger partial charge in [0.25, 0.3) is 0 Å². The maximum atomic E-state index is 10.9. The minimum atomic E-state index is 0.669. The van der Waals surface area contributed by atoms with Gasteiger partial charge in [-0.2, -0.15) is 0 Å². The molecule has 1 nitrogen and oxygen atoms in total. The van der Waals surface area contributed by atoms with Crippen LogP contribution in [0.15, 0.2) is 23.1 Å². The Morgan fingerprint density at radius 1 is 1.33 bits per heavy atom. The molecule has 2 rings (SSSR count). The molecule has 0 radical (unpaired) electrons. The van der Waals surface area contributed by atoms with E-state index in [1.54, 1.807) is 23.9 Å². The minimum Gasteiger partial charge on any atom is -0.298 e. The molecule has 0 saturated heterocycles. The summed E-state index contributed by atoms with van der Waals surface area (Å²) >= 11 is 7.73. The molecule has 0 unspecified atom stereocenters. The second-order valence-corrected chi connectivity index (χ2v) is 5.60. The van der Waals surface area contributed by atoms with Crippen molar-refractivity contribution in [1.29, 1.82) is 0 Å². The molecule has 0 aromatic heterocycles. The Hall–Kier alpha value is -0.470. The predicted octanol–water partition coefficient (Wildman–Crippen LogP) is 4.19. The maximum Gasteiger partial charge on any atom is 0.151 e. The molecule has 3 heteroatoms. The second-order valence-electron chi connectivity index (χ2n) is 3.82. The third-order valence-corrected chi connectivity index (χ3v) is 4.35. The Balaban J connectivity index is 2.17. The van der Waals surface area contributed by atoms with Gasteiger partial charge < -0.3 is 0 Å². The van der Waals surface area contributed by atoms with Crippen LogP contribution in [0.4, 0.5) is 0 Å². The molecule has 1 aromatic carbocycles. The quantitative estimate of drug-likeness (QED) is 0.737. The highest BCUT2D eigenvalue weighted by Crippen LogP contribution is 2.36. The van der Waals surface area contributed by atoms with Gasteiger partial charge in [0, 0.05) is 20.7 Å². The molecule has 0 bridgehead atoms. The normalized spacial score (nSPS) is 16.9. The van der Waals surface area contributed by atoms with Crippen LogP contribution in [0.1, 0.15) is 36.0 Å². The summed E-state index contributed by atoms with van der Waals surface area (Å²) < 4.78 is 0. The van der Waals surface area contributed by atoms with Crippen molar-refractivity contribution in [2.75, 3.05) is 0 Å². The summed E-state index contributed by atoms with van der Waals surface area (Å²) in [7, 11) is 0. The molecular weight excluding hydrogens is 228 g/mol. The Bertz CT molecular complexity index is 359. The molecule has 0 aliphatic heterocycles. The van der Waals surface area contributed by atoms with E-state index in [-0.39, 0.29) is 0 Å². The minimum absolute atomic E-state index is 0.669. The van der Waals surface area contributed by atoms with Crippen molar-refractivity contribution in [3.05, 3.63) is 28.8 Å². The van der Waals surface area contributed by atoms with E-state index < -0.39 is 0 Å². The van der Waals surface area contributed by atoms with Crippen molar-refractivity contribution < 1.29 is 4.79 Å². The van der Waals surface area contributed by atoms with Crippen LogP contribution in [0.3, 0.4) is 0 Å². The van der Waals surface area contributed by atoms with Crippen LogP contribution in [0.2, 0.25) is 5.02 Å². The Morgan fingerprint density at radius 2 is 2.07 bits per heavy atom. The molecule has 0 N–H and O–H groups in total. The lowest BCUT2D eigenvalue weighted by Gasteiger charge is -2.10. The highest BCUT2D eigenvalue weighted by atomic mass is 35.5. The first-order chi connectivity index (χ1) is 7.29. The number of benzene rings is 1. The number of rotatable bonds is 3. The largest absolute Gasteiger partial charge is 0.298 e. The van der Waals surface area contributed by atoms with Gasteiger partial charge in [-0.1, -0.05) is 24.4 Å². The lowest BCUT2D eigenvalue weighted by molar-refractivity contribution is 0.112. The standard InChI is InChI=1S/C12H13ClOS/c13-10-6-5-9(8-14)12(7-10)15-11-3-1-2-4-11/h5-8,11H,1-4H2. The van der Waals surface area contributed by atoms with Crippen LogP contribution in [0.25, 0.3) is 0 Å². The third kappa shape index (κ3) is 2.76. The molecule has 1 aromatic rings. The number of hydrogen-bond acceptors (Lipinski definition) is 2. The maximum absolute atomic E-state index is 10.9. The molecule has 0 spiro atoms. The van der Waals surface area contributed by atoms with Gasteiger partial charge in [0.05, 0.1) is 0 Å². The number of thioether (sulfide) groups is 1. The lowest BCUT2D eigenvalue weighted by atomic mass is 10.2. The van der Waals surface area contributed by atoms with E-state index in [0.29, 0.717) is 10.3 Å². The monoisotopic (exact) mass is 240 g/mol. The third-order valence-electron chi connectivity index (χ3n) is 2.70. The number of halogens is 1. The second kappa shape index (κ2) is 5.04. The van der Waals surface area contributed by atoms with E-state index in [4.69, 9.17) is 11.6 Å². The fraction of sp³-hybridized carbons (Fsp3) is 0.417. The summed E-state index contributed by atoms with van der Waals surface area (Å²) in [6.45, 7) is 0. The molecule has 1 fully saturated rings. The van der Waals surface area contributed by atoms with E-state index in [1.807, 2.05) is 6.07 Å². The number of hydrogen-bond donors (Lipinski definition) is 0. The number of carbonyl (C=O) groups is 1. The van der Waals surface area contributed by atoms with Crippen molar-refractivity contribution in [3.8, 4) is 0 Å². The highest BCUT2D eigenvalue weighted by molar-refractivity contribution is 8.00. The molecule has 0 amide bonds. The summed E-state index contributed by atoms with van der Waals surface area (Å²) in [5.41, 5.74) is 0.760. The fourth-order valence-corrected chi connectivity index (χ4v) is 3.51. The highest BCUT2D eigenvalue weighted by Gasteiger charge is 2.17. The Labute approximate surface area is 99.2 Å². The molecule has 0 heterocycles. The van der Waals surface area contributed by atoms with Crippen molar-refractivity contribution in [2.24, 2.45) is 0 Å². The topological polar surface area (TPSA) is 17.1 Å². The summed E-state index contributed by atoms with van der Waals surface area (Å²) in [4.78, 5) is 11.9. The van der Waals surface area contributed by atoms with Crippen molar-refractivity contribution in [2.45, 2.75) is 35.8 Å². The average Bonchev–Trinajstić information content (AvgIpc) is 2.71. The van der Waals surface area contributed by atoms with E-state index in [2.05, 4.69) is 0 Å². The Morgan fingerprint density at radius 3 is 2.73 bits per heavy atom. The molecule has 1 aliphatic carbocycles. The van der Waals surface area contributed by atoms with Crippen LogP contribution < -0.4 is 0 Å². The van der Waals surface area contributed by atoms with E-state index in [0.717, 1.165) is 16.7 Å². The first-order valence-electron chi connectivity index (χ1n) is 5.21. The summed E-state index contributed by atoms with van der Waals surface area (Å²) in [6, 6.07) is 5.46. The van der Waals surface area contributed by atoms with Gasteiger partial charge in [0.2, 0.25) is 0 Å². The van der Waals surface area contributed by atoms with Gasteiger partial charge in [0.15, 0.2) is 6.29 Å². The predicted molar refractivity (Wildman–Crippen MR) is 65.0 cm³/mol. The van der Waals surface area contributed by atoms with Crippen LogP contribution >= 0.6 is 23.4 Å². The van der Waals surface area contributed by atoms with Gasteiger partial charge >= 0.3 is 0 Å². The molecule has 80 valence electrons. The van der Waals surface area contributed by atoms with Crippen molar-refractivity contribution >= 4 is 29.6 Å². The van der Waals surface area contributed by atoms with Crippen LogP contribution in [0, 0.1) is 0 Å². The molecule has 15 heavy (non-hydrogen) atoms. The van der Waals surface area contributed by atoms with Gasteiger partial charge in [-0.3, -0.25) is 4.79 Å². The first-order valence-corrected chi connectivity index (χ1v) is 6.47. The fourth-order valence-electron chi connectivity index (χ4n) is 1.89. The van der Waals surface area contributed by atoms with Crippen LogP contribution in [-0.4, -0.2) is 11.5 Å². The first kappa shape index (κ1) is 11.0. The van der Waals surface area contributed by atoms with Gasteiger partial charge in [0.1, 0.15) is 0 Å². The van der Waals surface area contributed by atoms with E-state index in [1.165, 1.54) is 25.7 Å². The molecule has 1 aliphatic rings. The van der Waals surface area contributed by atoms with E-state index in [9.17, 15) is 4.79 Å². The smallest absolute Gasteiger partial charge is 0.151 e. The zero-order chi connectivity index (χ0) is 10.7. The van der Waals surface area contributed by atoms with Gasteiger partial charge in [-0.15, -0.1) is 11.8 Å². The van der Waals surface area contributed by atoms with Crippen LogP contribution in [0.5, 0.6) is 0 Å².